The number of allylic oxidation sites excluding steroid dienone is 1. The van der Waals surface area contributed by atoms with Gasteiger partial charge in [-0.2, -0.15) is 5.26 Å². The molecule has 0 spiro atoms. The minimum atomic E-state index is -1.21. The summed E-state index contributed by atoms with van der Waals surface area (Å²) in [7, 11) is 1.30. The third-order valence-corrected chi connectivity index (χ3v) is 6.49. The summed E-state index contributed by atoms with van der Waals surface area (Å²) in [6.07, 6.45) is 6.76. The van der Waals surface area contributed by atoms with Crippen molar-refractivity contribution in [2.45, 2.75) is 31.6 Å². The number of H-pyrrole nitrogens is 1. The van der Waals surface area contributed by atoms with E-state index >= 15 is 0 Å². The molecule has 4 rings (SSSR count). The van der Waals surface area contributed by atoms with Crippen molar-refractivity contribution in [1.29, 1.82) is 5.26 Å². The van der Waals surface area contributed by atoms with E-state index in [1.807, 2.05) is 6.07 Å². The molecule has 0 bridgehead atoms. The fraction of sp³-hybridized carbons (Fsp3) is 0.261. The van der Waals surface area contributed by atoms with Gasteiger partial charge in [-0.25, -0.2) is 9.78 Å². The third-order valence-electron chi connectivity index (χ3n) is 5.30. The summed E-state index contributed by atoms with van der Waals surface area (Å²) >= 11 is 1.48. The Morgan fingerprint density at radius 3 is 2.71 bits per heavy atom. The van der Waals surface area contributed by atoms with Gasteiger partial charge in [0, 0.05) is 4.88 Å². The number of nitrogens with one attached hydrogen (secondary N) is 1. The van der Waals surface area contributed by atoms with E-state index in [0.717, 1.165) is 31.2 Å². The molecule has 0 amide bonds. The molecule has 31 heavy (non-hydrogen) atoms. The molecule has 1 aromatic carbocycles. The van der Waals surface area contributed by atoms with Crippen LogP contribution in [0.1, 0.15) is 50.9 Å². The maximum atomic E-state index is 12.7. The summed E-state index contributed by atoms with van der Waals surface area (Å²) in [4.78, 5) is 45.7. The lowest BCUT2D eigenvalue weighted by molar-refractivity contribution is -0.114. The summed E-state index contributed by atoms with van der Waals surface area (Å²) in [6, 6.07) is 8.46. The van der Waals surface area contributed by atoms with Gasteiger partial charge >= 0.3 is 5.97 Å². The molecule has 0 saturated heterocycles. The average molecular weight is 433 g/mol. The number of nitriles is 1. The number of thiophene rings is 1. The summed E-state index contributed by atoms with van der Waals surface area (Å²) in [6.45, 7) is 0. The smallest absolute Gasteiger partial charge is 0.337 e. The molecule has 1 aliphatic rings. The Bertz CT molecular complexity index is 1300. The van der Waals surface area contributed by atoms with Crippen molar-refractivity contribution in [3.05, 3.63) is 68.1 Å². The Morgan fingerprint density at radius 2 is 2.00 bits per heavy atom. The summed E-state index contributed by atoms with van der Waals surface area (Å²) in [5.74, 6) is -2.07. The minimum Gasteiger partial charge on any atom is -0.465 e. The van der Waals surface area contributed by atoms with E-state index in [-0.39, 0.29) is 11.4 Å². The fourth-order valence-electron chi connectivity index (χ4n) is 3.70. The number of benzene rings is 1. The van der Waals surface area contributed by atoms with Crippen LogP contribution in [-0.2, 0) is 22.4 Å². The normalized spacial score (nSPS) is 14.2. The average Bonchev–Trinajstić information content (AvgIpc) is 3.17. The molecule has 7 nitrogen and oxygen atoms in total. The van der Waals surface area contributed by atoms with Gasteiger partial charge in [0.25, 0.3) is 5.56 Å². The highest BCUT2D eigenvalue weighted by molar-refractivity contribution is 7.18. The van der Waals surface area contributed by atoms with Crippen molar-refractivity contribution in [2.75, 3.05) is 7.11 Å². The van der Waals surface area contributed by atoms with Crippen LogP contribution < -0.4 is 5.56 Å². The van der Waals surface area contributed by atoms with Crippen LogP contribution in [0.15, 0.2) is 35.1 Å². The first-order chi connectivity index (χ1) is 15.0. The lowest BCUT2D eigenvalue weighted by Crippen LogP contribution is -2.18. The molecule has 2 aromatic heterocycles. The highest BCUT2D eigenvalue weighted by Gasteiger charge is 2.25. The van der Waals surface area contributed by atoms with Gasteiger partial charge in [-0.15, -0.1) is 11.3 Å². The number of methoxy groups -OCH3 is 1. The van der Waals surface area contributed by atoms with Crippen molar-refractivity contribution in [3.8, 4) is 6.07 Å². The van der Waals surface area contributed by atoms with E-state index in [2.05, 4.69) is 14.7 Å². The monoisotopic (exact) mass is 433 g/mol. The van der Waals surface area contributed by atoms with E-state index in [1.54, 1.807) is 30.3 Å². The first-order valence-corrected chi connectivity index (χ1v) is 10.7. The quantitative estimate of drug-likeness (QED) is 0.486. The van der Waals surface area contributed by atoms with Crippen LogP contribution in [-0.4, -0.2) is 28.8 Å². The number of aromatic amines is 1. The lowest BCUT2D eigenvalue weighted by atomic mass is 9.97. The molecule has 0 aliphatic heterocycles. The molecule has 1 aliphatic carbocycles. The molecule has 2 heterocycles. The van der Waals surface area contributed by atoms with Crippen molar-refractivity contribution in [1.82, 2.24) is 9.97 Å². The summed E-state index contributed by atoms with van der Waals surface area (Å²) < 4.78 is 4.65. The molecule has 0 fully saturated rings. The van der Waals surface area contributed by atoms with Gasteiger partial charge in [-0.05, 0) is 55.0 Å². The molecule has 1 atom stereocenters. The predicted octanol–water partition coefficient (Wildman–Crippen LogP) is 3.54. The second-order valence-electron chi connectivity index (χ2n) is 7.25. The van der Waals surface area contributed by atoms with Gasteiger partial charge in [0.2, 0.25) is 0 Å². The van der Waals surface area contributed by atoms with E-state index in [9.17, 15) is 19.6 Å². The van der Waals surface area contributed by atoms with Gasteiger partial charge in [0.15, 0.2) is 11.7 Å². The Kier molecular flexibility index (Phi) is 5.78. The van der Waals surface area contributed by atoms with E-state index in [0.29, 0.717) is 21.3 Å². The number of fused-ring (bicyclic) bond motifs is 3. The number of aromatic nitrogens is 2. The molecular formula is C23H19N3O4S. The van der Waals surface area contributed by atoms with Crippen LogP contribution >= 0.6 is 11.3 Å². The number of carbonyl (C=O) groups excluding carboxylic acids is 2. The first-order valence-electron chi connectivity index (χ1n) is 9.86. The third kappa shape index (κ3) is 4.05. The molecule has 0 saturated carbocycles. The van der Waals surface area contributed by atoms with Crippen LogP contribution in [0.4, 0.5) is 0 Å². The fourth-order valence-corrected chi connectivity index (χ4v) is 4.97. The Labute approximate surface area is 182 Å². The molecule has 3 aromatic rings. The van der Waals surface area contributed by atoms with Crippen molar-refractivity contribution in [3.63, 3.8) is 0 Å². The van der Waals surface area contributed by atoms with Gasteiger partial charge in [-0.3, -0.25) is 9.59 Å². The SMILES string of the molecule is COC(=O)c1ccc(/C=C/C(=O)C(C#N)c2nc3sc4c(c3c(=O)[nH]2)CCCC4)cc1. The van der Waals surface area contributed by atoms with Crippen molar-refractivity contribution < 1.29 is 14.3 Å². The molecule has 156 valence electrons. The minimum absolute atomic E-state index is 0.0642. The number of ether oxygens (including phenoxy) is 1. The van der Waals surface area contributed by atoms with Gasteiger partial charge in [-0.1, -0.05) is 18.2 Å². The molecule has 0 radical (unpaired) electrons. The maximum absolute atomic E-state index is 12.7. The Morgan fingerprint density at radius 1 is 1.26 bits per heavy atom. The second-order valence-corrected chi connectivity index (χ2v) is 8.34. The topological polar surface area (TPSA) is 113 Å². The number of carbonyl (C=O) groups is 2. The number of rotatable bonds is 5. The predicted molar refractivity (Wildman–Crippen MR) is 117 cm³/mol. The number of esters is 1. The summed E-state index contributed by atoms with van der Waals surface area (Å²) in [5.41, 5.74) is 1.84. The van der Waals surface area contributed by atoms with E-state index in [4.69, 9.17) is 0 Å². The molecule has 1 N–H and O–H groups in total. The van der Waals surface area contributed by atoms with Gasteiger partial charge < -0.3 is 9.72 Å². The van der Waals surface area contributed by atoms with Crippen LogP contribution in [0.5, 0.6) is 0 Å². The molecule has 8 heteroatoms. The maximum Gasteiger partial charge on any atom is 0.337 e. The second kappa shape index (κ2) is 8.66. The lowest BCUT2D eigenvalue weighted by Gasteiger charge is -2.09. The molecular weight excluding hydrogens is 414 g/mol. The number of ketones is 1. The zero-order chi connectivity index (χ0) is 22.0. The first kappa shape index (κ1) is 20.7. The number of nitrogens with zero attached hydrogens (tertiary/aromatic N) is 2. The van der Waals surface area contributed by atoms with Gasteiger partial charge in [0.05, 0.1) is 24.1 Å². The Hall–Kier alpha value is -3.57. The van der Waals surface area contributed by atoms with E-state index < -0.39 is 17.7 Å². The van der Waals surface area contributed by atoms with Crippen molar-refractivity contribution in [2.24, 2.45) is 0 Å². The van der Waals surface area contributed by atoms with Gasteiger partial charge in [0.1, 0.15) is 10.7 Å². The number of hydrogen-bond donors (Lipinski definition) is 1. The number of aryl methyl sites for hydroxylation is 2. The highest BCUT2D eigenvalue weighted by atomic mass is 32.1. The largest absolute Gasteiger partial charge is 0.465 e. The Balaban J connectivity index is 1.59. The standard InChI is InChI=1S/C23H19N3O4S/c1-30-23(29)14-9-6-13(7-10-14)8-11-17(27)16(12-24)20-25-21(28)19-15-4-2-3-5-18(15)31-22(19)26-20/h6-11,16H,2-5H2,1H3,(H,25,26,28)/b11-8+. The van der Waals surface area contributed by atoms with E-state index in [1.165, 1.54) is 29.4 Å². The van der Waals surface area contributed by atoms with Crippen LogP contribution in [0.2, 0.25) is 0 Å². The van der Waals surface area contributed by atoms with Crippen LogP contribution in [0, 0.1) is 11.3 Å². The zero-order valence-corrected chi connectivity index (χ0v) is 17.6. The molecule has 1 unspecified atom stereocenters. The van der Waals surface area contributed by atoms with Crippen LogP contribution in [0.25, 0.3) is 16.3 Å². The zero-order valence-electron chi connectivity index (χ0n) is 16.8. The summed E-state index contributed by atoms with van der Waals surface area (Å²) in [5, 5.41) is 10.2. The number of hydrogen-bond acceptors (Lipinski definition) is 7. The van der Waals surface area contributed by atoms with Crippen molar-refractivity contribution >= 4 is 39.4 Å². The van der Waals surface area contributed by atoms with Crippen LogP contribution in [0.3, 0.4) is 0 Å². The highest BCUT2D eigenvalue weighted by Crippen LogP contribution is 2.34.